The predicted octanol–water partition coefficient (Wildman–Crippen LogP) is 3.65. The molecule has 4 heteroatoms. The minimum atomic E-state index is -0.712. The van der Waals surface area contributed by atoms with Gasteiger partial charge < -0.3 is 5.11 Å². The number of halogens is 3. The number of aliphatic hydroxyl groups is 1. The van der Waals surface area contributed by atoms with Gasteiger partial charge in [-0.2, -0.15) is 0 Å². The van der Waals surface area contributed by atoms with Gasteiger partial charge in [-0.3, -0.25) is 0 Å². The predicted molar refractivity (Wildman–Crippen MR) is 56.7 cm³/mol. The molecule has 0 aliphatic carbocycles. The SMILES string of the molecule is CC(Cl)C(O)c1ccc(Cl)c(Cl)c1. The molecule has 1 nitrogen and oxygen atoms in total. The molecule has 0 heterocycles. The third-order valence-corrected chi connectivity index (χ3v) is 2.70. The molecule has 2 atom stereocenters. The van der Waals surface area contributed by atoms with Gasteiger partial charge in [0.15, 0.2) is 0 Å². The van der Waals surface area contributed by atoms with Gasteiger partial charge in [-0.05, 0) is 24.6 Å². The summed E-state index contributed by atoms with van der Waals surface area (Å²) in [4.78, 5) is 0. The molecule has 0 saturated carbocycles. The Balaban J connectivity index is 2.97. The molecule has 72 valence electrons. The van der Waals surface area contributed by atoms with Crippen LogP contribution < -0.4 is 0 Å². The minimum absolute atomic E-state index is 0.350. The summed E-state index contributed by atoms with van der Waals surface area (Å²) in [6.07, 6.45) is -0.712. The third kappa shape index (κ3) is 2.75. The van der Waals surface area contributed by atoms with E-state index in [4.69, 9.17) is 34.8 Å². The molecule has 0 fully saturated rings. The molecule has 13 heavy (non-hydrogen) atoms. The standard InChI is InChI=1S/C9H9Cl3O/c1-5(10)9(13)6-2-3-7(11)8(12)4-6/h2-5,9,13H,1H3. The van der Waals surface area contributed by atoms with Gasteiger partial charge in [-0.1, -0.05) is 29.3 Å². The zero-order valence-corrected chi connectivity index (χ0v) is 9.24. The highest BCUT2D eigenvalue weighted by atomic mass is 35.5. The van der Waals surface area contributed by atoms with E-state index in [9.17, 15) is 5.11 Å². The Labute approximate surface area is 92.2 Å². The van der Waals surface area contributed by atoms with Crippen LogP contribution in [0.5, 0.6) is 0 Å². The Kier molecular flexibility index (Phi) is 3.87. The van der Waals surface area contributed by atoms with Crippen LogP contribution in [0.3, 0.4) is 0 Å². The molecule has 0 saturated heterocycles. The van der Waals surface area contributed by atoms with Crippen LogP contribution >= 0.6 is 34.8 Å². The molecule has 2 unspecified atom stereocenters. The summed E-state index contributed by atoms with van der Waals surface area (Å²) in [6.45, 7) is 1.72. The summed E-state index contributed by atoms with van der Waals surface area (Å²) in [5.74, 6) is 0. The molecule has 1 aromatic rings. The van der Waals surface area contributed by atoms with Crippen molar-refractivity contribution in [3.05, 3.63) is 33.8 Å². The van der Waals surface area contributed by atoms with Crippen LogP contribution in [0.1, 0.15) is 18.6 Å². The average Bonchev–Trinajstić information content (AvgIpc) is 2.08. The molecule has 0 amide bonds. The largest absolute Gasteiger partial charge is 0.387 e. The number of aliphatic hydroxyl groups excluding tert-OH is 1. The highest BCUT2D eigenvalue weighted by molar-refractivity contribution is 6.42. The second kappa shape index (κ2) is 4.52. The maximum absolute atomic E-state index is 9.58. The van der Waals surface area contributed by atoms with Gasteiger partial charge in [0.25, 0.3) is 0 Å². The first-order valence-electron chi connectivity index (χ1n) is 3.79. The van der Waals surface area contributed by atoms with Gasteiger partial charge in [-0.25, -0.2) is 0 Å². The van der Waals surface area contributed by atoms with Crippen LogP contribution in [0.25, 0.3) is 0 Å². The van der Waals surface area contributed by atoms with Crippen molar-refractivity contribution in [2.45, 2.75) is 18.4 Å². The van der Waals surface area contributed by atoms with Crippen LogP contribution in [0, 0.1) is 0 Å². The van der Waals surface area contributed by atoms with E-state index >= 15 is 0 Å². The molecule has 0 aliphatic rings. The topological polar surface area (TPSA) is 20.2 Å². The summed E-state index contributed by atoms with van der Waals surface area (Å²) in [5.41, 5.74) is 0.678. The second-order valence-corrected chi connectivity index (χ2v) is 4.30. The Morgan fingerprint density at radius 3 is 2.31 bits per heavy atom. The molecule has 1 rings (SSSR count). The van der Waals surface area contributed by atoms with E-state index in [0.29, 0.717) is 15.6 Å². The molecule has 0 aliphatic heterocycles. The van der Waals surface area contributed by atoms with Crippen LogP contribution in [0.15, 0.2) is 18.2 Å². The molecule has 1 aromatic carbocycles. The summed E-state index contributed by atoms with van der Waals surface area (Å²) in [6, 6.07) is 4.97. The zero-order chi connectivity index (χ0) is 10.0. The smallest absolute Gasteiger partial charge is 0.0951 e. The molecular weight excluding hydrogens is 230 g/mol. The van der Waals surface area contributed by atoms with Crippen molar-refractivity contribution in [2.24, 2.45) is 0 Å². The molecule has 0 aromatic heterocycles. The number of alkyl halides is 1. The maximum Gasteiger partial charge on any atom is 0.0951 e. The zero-order valence-electron chi connectivity index (χ0n) is 6.97. The highest BCUT2D eigenvalue weighted by Gasteiger charge is 2.14. The quantitative estimate of drug-likeness (QED) is 0.781. The van der Waals surface area contributed by atoms with E-state index in [1.807, 2.05) is 0 Å². The molecule has 0 radical (unpaired) electrons. The van der Waals surface area contributed by atoms with Crippen LogP contribution in [-0.4, -0.2) is 10.5 Å². The lowest BCUT2D eigenvalue weighted by Crippen LogP contribution is -2.07. The van der Waals surface area contributed by atoms with Crippen molar-refractivity contribution >= 4 is 34.8 Å². The minimum Gasteiger partial charge on any atom is -0.387 e. The van der Waals surface area contributed by atoms with Crippen molar-refractivity contribution < 1.29 is 5.11 Å². The Bertz CT molecular complexity index is 299. The third-order valence-electron chi connectivity index (χ3n) is 1.72. The normalized spacial score (nSPS) is 15.5. The van der Waals surface area contributed by atoms with Crippen LogP contribution in [-0.2, 0) is 0 Å². The van der Waals surface area contributed by atoms with Crippen molar-refractivity contribution in [1.82, 2.24) is 0 Å². The van der Waals surface area contributed by atoms with Gasteiger partial charge >= 0.3 is 0 Å². The molecule has 0 spiro atoms. The van der Waals surface area contributed by atoms with Gasteiger partial charge in [-0.15, -0.1) is 11.6 Å². The number of benzene rings is 1. The van der Waals surface area contributed by atoms with Crippen LogP contribution in [0.2, 0.25) is 10.0 Å². The maximum atomic E-state index is 9.58. The van der Waals surface area contributed by atoms with Gasteiger partial charge in [0.2, 0.25) is 0 Å². The van der Waals surface area contributed by atoms with Gasteiger partial charge in [0.1, 0.15) is 0 Å². The van der Waals surface area contributed by atoms with E-state index in [0.717, 1.165) is 0 Å². The van der Waals surface area contributed by atoms with Gasteiger partial charge in [0.05, 0.1) is 21.5 Å². The van der Waals surface area contributed by atoms with E-state index < -0.39 is 6.10 Å². The van der Waals surface area contributed by atoms with Crippen molar-refractivity contribution in [2.75, 3.05) is 0 Å². The summed E-state index contributed by atoms with van der Waals surface area (Å²) < 4.78 is 0. The van der Waals surface area contributed by atoms with E-state index in [-0.39, 0.29) is 5.38 Å². The lowest BCUT2D eigenvalue weighted by Gasteiger charge is -2.13. The van der Waals surface area contributed by atoms with Crippen LogP contribution in [0.4, 0.5) is 0 Å². The monoisotopic (exact) mass is 238 g/mol. The molecule has 0 bridgehead atoms. The summed E-state index contributed by atoms with van der Waals surface area (Å²) in [7, 11) is 0. The first-order chi connectivity index (χ1) is 6.02. The number of hydrogen-bond acceptors (Lipinski definition) is 1. The molecular formula is C9H9Cl3O. The molecule has 1 N–H and O–H groups in total. The lowest BCUT2D eigenvalue weighted by molar-refractivity contribution is 0.177. The van der Waals surface area contributed by atoms with Crippen molar-refractivity contribution in [3.63, 3.8) is 0 Å². The number of rotatable bonds is 2. The average molecular weight is 240 g/mol. The van der Waals surface area contributed by atoms with E-state index in [2.05, 4.69) is 0 Å². The van der Waals surface area contributed by atoms with E-state index in [1.54, 1.807) is 25.1 Å². The highest BCUT2D eigenvalue weighted by Crippen LogP contribution is 2.28. The Morgan fingerprint density at radius 2 is 1.85 bits per heavy atom. The fourth-order valence-corrected chi connectivity index (χ4v) is 1.41. The second-order valence-electron chi connectivity index (χ2n) is 2.80. The fraction of sp³-hybridized carbons (Fsp3) is 0.333. The Hall–Kier alpha value is 0.0500. The number of hydrogen-bond donors (Lipinski definition) is 1. The van der Waals surface area contributed by atoms with E-state index in [1.165, 1.54) is 0 Å². The summed E-state index contributed by atoms with van der Waals surface area (Å²) in [5, 5.41) is 10.1. The first kappa shape index (κ1) is 11.1. The first-order valence-corrected chi connectivity index (χ1v) is 4.98. The Morgan fingerprint density at radius 1 is 1.23 bits per heavy atom. The van der Waals surface area contributed by atoms with Gasteiger partial charge in [0, 0.05) is 0 Å². The lowest BCUT2D eigenvalue weighted by atomic mass is 10.1. The van der Waals surface area contributed by atoms with Crippen molar-refractivity contribution in [1.29, 1.82) is 0 Å². The van der Waals surface area contributed by atoms with Crippen molar-refractivity contribution in [3.8, 4) is 0 Å². The fourth-order valence-electron chi connectivity index (χ4n) is 0.962. The summed E-state index contributed by atoms with van der Waals surface area (Å²) >= 11 is 17.2.